The van der Waals surface area contributed by atoms with E-state index < -0.39 is 10.0 Å². The molecule has 10 heteroatoms. The maximum atomic E-state index is 12.6. The minimum atomic E-state index is -3.91. The van der Waals surface area contributed by atoms with E-state index in [9.17, 15) is 13.5 Å². The maximum Gasteiger partial charge on any atom is 0.288 e. The van der Waals surface area contributed by atoms with Gasteiger partial charge in [0.05, 0.1) is 33.6 Å². The molecule has 1 heterocycles. The van der Waals surface area contributed by atoms with Gasteiger partial charge in [-0.15, -0.1) is 4.40 Å². The molecule has 29 heavy (non-hydrogen) atoms. The summed E-state index contributed by atoms with van der Waals surface area (Å²) in [5.41, 5.74) is 1.05. The number of hydrogen-bond acceptors (Lipinski definition) is 8. The van der Waals surface area contributed by atoms with Crippen molar-refractivity contribution in [2.75, 3.05) is 34.5 Å². The molecule has 0 radical (unpaired) electrons. The summed E-state index contributed by atoms with van der Waals surface area (Å²) in [5, 5.41) is 15.6. The average molecular weight is 419 g/mol. The van der Waals surface area contributed by atoms with Gasteiger partial charge in [0.1, 0.15) is 10.6 Å². The minimum absolute atomic E-state index is 0.00757. The van der Waals surface area contributed by atoms with Crippen molar-refractivity contribution in [3.63, 3.8) is 0 Å². The molecule has 0 spiro atoms. The first kappa shape index (κ1) is 20.6. The van der Waals surface area contributed by atoms with Gasteiger partial charge in [-0.3, -0.25) is 0 Å². The lowest BCUT2D eigenvalue weighted by Gasteiger charge is -2.18. The number of aromatic hydroxyl groups is 1. The van der Waals surface area contributed by atoms with E-state index in [4.69, 9.17) is 14.2 Å². The number of fused-ring (bicyclic) bond motifs is 1. The monoisotopic (exact) mass is 419 g/mol. The summed E-state index contributed by atoms with van der Waals surface area (Å²) in [5.74, 6) is 0.708. The third kappa shape index (κ3) is 4.17. The van der Waals surface area contributed by atoms with E-state index >= 15 is 0 Å². The Morgan fingerprint density at radius 2 is 1.90 bits per heavy atom. The number of phenols is 1. The molecular weight excluding hydrogens is 398 g/mol. The fourth-order valence-electron chi connectivity index (χ4n) is 2.82. The van der Waals surface area contributed by atoms with Crippen LogP contribution in [0.5, 0.6) is 17.2 Å². The molecule has 2 aromatic carbocycles. The molecule has 0 aliphatic carbocycles. The highest BCUT2D eigenvalue weighted by Gasteiger charge is 2.35. The highest BCUT2D eigenvalue weighted by Crippen LogP contribution is 2.35. The topological polar surface area (TPSA) is 110 Å². The van der Waals surface area contributed by atoms with Crippen molar-refractivity contribution < 1.29 is 27.7 Å². The van der Waals surface area contributed by atoms with Gasteiger partial charge in [-0.25, -0.2) is 5.01 Å². The molecule has 0 aromatic heterocycles. The van der Waals surface area contributed by atoms with Gasteiger partial charge in [0.25, 0.3) is 10.0 Å². The minimum Gasteiger partial charge on any atom is -0.504 e. The Bertz CT molecular complexity index is 1070. The molecule has 9 nitrogen and oxygen atoms in total. The molecule has 0 atom stereocenters. The summed E-state index contributed by atoms with van der Waals surface area (Å²) in [6.45, 7) is 0.571. The van der Waals surface area contributed by atoms with Crippen LogP contribution in [0.25, 0.3) is 0 Å². The molecule has 0 bridgehead atoms. The van der Waals surface area contributed by atoms with E-state index in [1.165, 1.54) is 38.6 Å². The van der Waals surface area contributed by atoms with Crippen LogP contribution in [0.3, 0.4) is 0 Å². The highest BCUT2D eigenvalue weighted by molar-refractivity contribution is 7.90. The van der Waals surface area contributed by atoms with Crippen LogP contribution in [0.2, 0.25) is 0 Å². The summed E-state index contributed by atoms with van der Waals surface area (Å²) in [7, 11) is 0.478. The second-order valence-corrected chi connectivity index (χ2v) is 7.56. The van der Waals surface area contributed by atoms with Crippen LogP contribution >= 0.6 is 0 Å². The van der Waals surface area contributed by atoms with Gasteiger partial charge in [0.2, 0.25) is 0 Å². The molecule has 154 valence electrons. The first-order valence-corrected chi connectivity index (χ1v) is 10.0. The van der Waals surface area contributed by atoms with Gasteiger partial charge in [0.15, 0.2) is 17.3 Å². The van der Waals surface area contributed by atoms with E-state index in [2.05, 4.69) is 9.50 Å². The second kappa shape index (κ2) is 8.50. The first-order chi connectivity index (χ1) is 13.9. The zero-order valence-corrected chi connectivity index (χ0v) is 17.0. The smallest absolute Gasteiger partial charge is 0.288 e. The normalized spacial score (nSPS) is 14.5. The lowest BCUT2D eigenvalue weighted by molar-refractivity contribution is 0.178. The third-order valence-electron chi connectivity index (χ3n) is 4.21. The second-order valence-electron chi connectivity index (χ2n) is 6.02. The van der Waals surface area contributed by atoms with Gasteiger partial charge in [0, 0.05) is 12.7 Å². The summed E-state index contributed by atoms with van der Waals surface area (Å²) in [4.78, 5) is 0.0152. The molecular formula is C19H21N3O6S. The van der Waals surface area contributed by atoms with Crippen molar-refractivity contribution >= 4 is 22.1 Å². The van der Waals surface area contributed by atoms with Gasteiger partial charge >= 0.3 is 0 Å². The molecule has 0 fully saturated rings. The molecule has 1 aliphatic heterocycles. The Kier molecular flexibility index (Phi) is 6.04. The molecule has 0 saturated heterocycles. The molecule has 0 amide bonds. The van der Waals surface area contributed by atoms with Crippen LogP contribution < -0.4 is 9.47 Å². The number of benzene rings is 2. The van der Waals surface area contributed by atoms with E-state index in [0.717, 1.165) is 0 Å². The zero-order chi connectivity index (χ0) is 21.0. The Morgan fingerprint density at radius 1 is 1.14 bits per heavy atom. The zero-order valence-electron chi connectivity index (χ0n) is 16.2. The Labute approximate surface area is 168 Å². The van der Waals surface area contributed by atoms with Gasteiger partial charge in [-0.05, 0) is 35.9 Å². The van der Waals surface area contributed by atoms with Crippen molar-refractivity contribution in [3.05, 3.63) is 47.5 Å². The Morgan fingerprint density at radius 3 is 2.59 bits per heavy atom. The molecule has 0 saturated carbocycles. The Hall–Kier alpha value is -3.11. The van der Waals surface area contributed by atoms with Crippen LogP contribution in [-0.2, 0) is 14.8 Å². The van der Waals surface area contributed by atoms with Crippen LogP contribution in [0, 0.1) is 0 Å². The molecule has 2 aromatic rings. The molecule has 1 N–H and O–H groups in total. The molecule has 1 aliphatic rings. The largest absolute Gasteiger partial charge is 0.504 e. The lowest BCUT2D eigenvalue weighted by atomic mass is 10.2. The molecule has 3 rings (SSSR count). The number of hydrazone groups is 1. The van der Waals surface area contributed by atoms with Gasteiger partial charge < -0.3 is 19.3 Å². The predicted molar refractivity (Wildman–Crippen MR) is 108 cm³/mol. The van der Waals surface area contributed by atoms with Crippen LogP contribution in [0.4, 0.5) is 0 Å². The van der Waals surface area contributed by atoms with Crippen LogP contribution in [0.15, 0.2) is 50.8 Å². The van der Waals surface area contributed by atoms with Crippen molar-refractivity contribution in [3.8, 4) is 17.2 Å². The van der Waals surface area contributed by atoms with Crippen LogP contribution in [0.1, 0.15) is 11.1 Å². The van der Waals surface area contributed by atoms with E-state index in [1.807, 2.05) is 0 Å². The number of methoxy groups -OCH3 is 3. The van der Waals surface area contributed by atoms with Crippen molar-refractivity contribution in [1.82, 2.24) is 5.01 Å². The summed E-state index contributed by atoms with van der Waals surface area (Å²) >= 11 is 0. The summed E-state index contributed by atoms with van der Waals surface area (Å²) < 4.78 is 44.5. The van der Waals surface area contributed by atoms with E-state index in [1.54, 1.807) is 30.3 Å². The number of ether oxygens (including phenoxy) is 3. The third-order valence-corrected chi connectivity index (χ3v) is 5.56. The quantitative estimate of drug-likeness (QED) is 0.539. The SMILES string of the molecule is COCCN(N=Cc1ccc(O)c(OC)c1)C1=NS(=O)(=O)c2c(OC)cccc21. The van der Waals surface area contributed by atoms with Gasteiger partial charge in [-0.2, -0.15) is 13.5 Å². The predicted octanol–water partition coefficient (Wildman–Crippen LogP) is 1.84. The highest BCUT2D eigenvalue weighted by atomic mass is 32.2. The van der Waals surface area contributed by atoms with Crippen LogP contribution in [-0.4, -0.2) is 65.1 Å². The fourth-order valence-corrected chi connectivity index (χ4v) is 4.17. The number of nitrogens with zero attached hydrogens (tertiary/aromatic N) is 3. The lowest BCUT2D eigenvalue weighted by Crippen LogP contribution is -2.29. The fraction of sp³-hybridized carbons (Fsp3) is 0.263. The number of amidine groups is 1. The summed E-state index contributed by atoms with van der Waals surface area (Å²) in [6.07, 6.45) is 1.52. The summed E-state index contributed by atoms with van der Waals surface area (Å²) in [6, 6.07) is 9.66. The van der Waals surface area contributed by atoms with E-state index in [-0.39, 0.29) is 28.8 Å². The van der Waals surface area contributed by atoms with Gasteiger partial charge in [-0.1, -0.05) is 6.07 Å². The number of rotatable bonds is 7. The van der Waals surface area contributed by atoms with Crippen molar-refractivity contribution in [2.24, 2.45) is 9.50 Å². The average Bonchev–Trinajstić information content (AvgIpc) is 3.00. The number of hydrogen-bond donors (Lipinski definition) is 1. The first-order valence-electron chi connectivity index (χ1n) is 8.61. The Balaban J connectivity index is 2.01. The van der Waals surface area contributed by atoms with E-state index in [0.29, 0.717) is 23.5 Å². The van der Waals surface area contributed by atoms with Crippen molar-refractivity contribution in [2.45, 2.75) is 4.90 Å². The maximum absolute atomic E-state index is 12.6. The number of sulfonamides is 1. The number of phenolic OH excluding ortho intramolecular Hbond substituents is 1. The standard InChI is InChI=1S/C19H21N3O6S/c1-26-10-9-22(20-12-13-7-8-15(23)17(11-13)28-3)19-14-5-4-6-16(27-2)18(14)29(24,25)21-19/h4-8,11-12,23H,9-10H2,1-3H3. The van der Waals surface area contributed by atoms with Crippen molar-refractivity contribution in [1.29, 1.82) is 0 Å². The molecule has 0 unspecified atom stereocenters.